The lowest BCUT2D eigenvalue weighted by molar-refractivity contribution is 0.0950. The van der Waals surface area contributed by atoms with Gasteiger partial charge in [0.25, 0.3) is 5.91 Å². The molecule has 29 heavy (non-hydrogen) atoms. The first-order chi connectivity index (χ1) is 13.6. The highest BCUT2D eigenvalue weighted by molar-refractivity contribution is 7.96. The summed E-state index contributed by atoms with van der Waals surface area (Å²) in [7, 11) is -7.43. The number of sulfone groups is 2. The number of carbonyl (C=O) groups is 1. The number of halogens is 2. The zero-order valence-corrected chi connectivity index (χ0v) is 16.9. The predicted molar refractivity (Wildman–Crippen MR) is 103 cm³/mol. The SMILES string of the molecule is O=C(NCCc1ccc(F)cc1)c1cc(S(=O)(=O)C2CCS(=O)(=O)C2)ccc1F. The van der Waals surface area contributed by atoms with Gasteiger partial charge in [0, 0.05) is 6.54 Å². The molecule has 1 heterocycles. The molecule has 1 unspecified atom stereocenters. The van der Waals surface area contributed by atoms with Gasteiger partial charge >= 0.3 is 0 Å². The second kappa shape index (κ2) is 8.19. The highest BCUT2D eigenvalue weighted by Crippen LogP contribution is 2.26. The highest BCUT2D eigenvalue weighted by Gasteiger charge is 2.38. The van der Waals surface area contributed by atoms with Gasteiger partial charge < -0.3 is 5.32 Å². The average molecular weight is 443 g/mol. The number of rotatable bonds is 6. The van der Waals surface area contributed by atoms with E-state index in [-0.39, 0.29) is 29.4 Å². The lowest BCUT2D eigenvalue weighted by Crippen LogP contribution is -2.27. The maximum absolute atomic E-state index is 14.1. The van der Waals surface area contributed by atoms with E-state index in [1.54, 1.807) is 12.1 Å². The summed E-state index contributed by atoms with van der Waals surface area (Å²) in [6.07, 6.45) is 0.354. The van der Waals surface area contributed by atoms with Crippen molar-refractivity contribution < 1.29 is 30.4 Å². The minimum absolute atomic E-state index is 0.0265. The molecule has 0 radical (unpaired) electrons. The Morgan fingerprint density at radius 3 is 2.41 bits per heavy atom. The molecule has 156 valence electrons. The van der Waals surface area contributed by atoms with E-state index in [1.165, 1.54) is 12.1 Å². The summed E-state index contributed by atoms with van der Waals surface area (Å²) >= 11 is 0. The zero-order chi connectivity index (χ0) is 21.2. The topological polar surface area (TPSA) is 97.4 Å². The van der Waals surface area contributed by atoms with E-state index in [2.05, 4.69) is 5.32 Å². The average Bonchev–Trinajstić information content (AvgIpc) is 3.04. The van der Waals surface area contributed by atoms with Gasteiger partial charge in [0.05, 0.1) is 27.2 Å². The largest absolute Gasteiger partial charge is 0.352 e. The fourth-order valence-electron chi connectivity index (χ4n) is 3.12. The molecule has 1 N–H and O–H groups in total. The minimum atomic E-state index is -4.01. The maximum atomic E-state index is 14.1. The van der Waals surface area contributed by atoms with Crippen LogP contribution < -0.4 is 5.32 Å². The third-order valence-corrected chi connectivity index (χ3v) is 8.92. The molecule has 0 bridgehead atoms. The molecule has 1 fully saturated rings. The predicted octanol–water partition coefficient (Wildman–Crippen LogP) is 1.90. The molecule has 0 spiro atoms. The number of nitrogens with one attached hydrogen (secondary N) is 1. The van der Waals surface area contributed by atoms with Crippen LogP contribution in [0, 0.1) is 11.6 Å². The smallest absolute Gasteiger partial charge is 0.254 e. The molecule has 6 nitrogen and oxygen atoms in total. The van der Waals surface area contributed by atoms with Gasteiger partial charge in [-0.15, -0.1) is 0 Å². The summed E-state index contributed by atoms with van der Waals surface area (Å²) in [4.78, 5) is 12.0. The van der Waals surface area contributed by atoms with Gasteiger partial charge in [0.15, 0.2) is 19.7 Å². The molecule has 0 aromatic heterocycles. The van der Waals surface area contributed by atoms with E-state index in [0.29, 0.717) is 6.42 Å². The van der Waals surface area contributed by atoms with Gasteiger partial charge in [-0.05, 0) is 48.7 Å². The van der Waals surface area contributed by atoms with Gasteiger partial charge in [-0.2, -0.15) is 0 Å². The van der Waals surface area contributed by atoms with Gasteiger partial charge in [0.2, 0.25) is 0 Å². The lowest BCUT2D eigenvalue weighted by Gasteiger charge is -2.12. The molecule has 0 saturated carbocycles. The molecule has 2 aromatic rings. The molecule has 1 amide bonds. The van der Waals surface area contributed by atoms with Crippen molar-refractivity contribution in [1.82, 2.24) is 5.32 Å². The molecule has 10 heteroatoms. The Hall–Kier alpha value is -2.33. The van der Waals surface area contributed by atoms with Crippen LogP contribution in [0.2, 0.25) is 0 Å². The quantitative estimate of drug-likeness (QED) is 0.688. The molecular formula is C19H19F2NO5S2. The molecular weight excluding hydrogens is 424 g/mol. The van der Waals surface area contributed by atoms with Crippen molar-refractivity contribution in [3.63, 3.8) is 0 Å². The highest BCUT2D eigenvalue weighted by atomic mass is 32.2. The van der Waals surface area contributed by atoms with E-state index in [0.717, 1.165) is 23.8 Å². The van der Waals surface area contributed by atoms with E-state index in [4.69, 9.17) is 0 Å². The van der Waals surface area contributed by atoms with Crippen LogP contribution in [0.4, 0.5) is 8.78 Å². The summed E-state index contributed by atoms with van der Waals surface area (Å²) in [5.74, 6) is -2.75. The summed E-state index contributed by atoms with van der Waals surface area (Å²) in [6.45, 7) is 0.141. The summed E-state index contributed by atoms with van der Waals surface area (Å²) in [6, 6.07) is 8.54. The van der Waals surface area contributed by atoms with Gasteiger partial charge in [-0.1, -0.05) is 12.1 Å². The van der Waals surface area contributed by atoms with Gasteiger partial charge in [-0.25, -0.2) is 25.6 Å². The first-order valence-electron chi connectivity index (χ1n) is 8.85. The second-order valence-electron chi connectivity index (χ2n) is 6.84. The Morgan fingerprint density at radius 1 is 1.10 bits per heavy atom. The second-order valence-corrected chi connectivity index (χ2v) is 11.3. The van der Waals surface area contributed by atoms with Gasteiger partial charge in [-0.3, -0.25) is 4.79 Å². The number of carbonyl (C=O) groups excluding carboxylic acids is 1. The number of amides is 1. The first kappa shape index (κ1) is 21.4. The Morgan fingerprint density at radius 2 is 1.79 bits per heavy atom. The Labute approximate surface area is 167 Å². The lowest BCUT2D eigenvalue weighted by atomic mass is 10.1. The first-order valence-corrected chi connectivity index (χ1v) is 12.2. The Balaban J connectivity index is 1.72. The number of benzene rings is 2. The van der Waals surface area contributed by atoms with E-state index < -0.39 is 48.0 Å². The van der Waals surface area contributed by atoms with Crippen LogP contribution in [0.3, 0.4) is 0 Å². The van der Waals surface area contributed by atoms with Crippen molar-refractivity contribution >= 4 is 25.6 Å². The molecule has 1 aliphatic heterocycles. The number of hydrogen-bond donors (Lipinski definition) is 1. The van der Waals surface area contributed by atoms with E-state index in [1.807, 2.05) is 0 Å². The normalized spacial score (nSPS) is 18.5. The van der Waals surface area contributed by atoms with Crippen LogP contribution in [-0.2, 0) is 26.1 Å². The van der Waals surface area contributed by atoms with E-state index in [9.17, 15) is 30.4 Å². The molecule has 0 aliphatic carbocycles. The fraction of sp³-hybridized carbons (Fsp3) is 0.316. The minimum Gasteiger partial charge on any atom is -0.352 e. The maximum Gasteiger partial charge on any atom is 0.254 e. The summed E-state index contributed by atoms with van der Waals surface area (Å²) < 4.78 is 75.6. The fourth-order valence-corrected chi connectivity index (χ4v) is 7.50. The number of hydrogen-bond acceptors (Lipinski definition) is 5. The van der Waals surface area contributed by atoms with Crippen molar-refractivity contribution in [1.29, 1.82) is 0 Å². The molecule has 1 atom stereocenters. The van der Waals surface area contributed by atoms with Crippen LogP contribution in [0.15, 0.2) is 47.4 Å². The summed E-state index contributed by atoms with van der Waals surface area (Å²) in [5, 5.41) is 1.40. The Bertz CT molecular complexity index is 1130. The van der Waals surface area contributed by atoms with Crippen LogP contribution in [0.1, 0.15) is 22.3 Å². The van der Waals surface area contributed by atoms with E-state index >= 15 is 0 Å². The van der Waals surface area contributed by atoms with Crippen LogP contribution in [0.25, 0.3) is 0 Å². The van der Waals surface area contributed by atoms with Crippen molar-refractivity contribution in [2.75, 3.05) is 18.1 Å². The zero-order valence-electron chi connectivity index (χ0n) is 15.3. The van der Waals surface area contributed by atoms with Crippen molar-refractivity contribution in [2.24, 2.45) is 0 Å². The monoisotopic (exact) mass is 443 g/mol. The summed E-state index contributed by atoms with van der Waals surface area (Å²) in [5.41, 5.74) is 0.331. The standard InChI is InChI=1S/C19H19F2NO5S2/c20-14-3-1-13(2-4-14)7-9-22-19(23)17-11-15(5-6-18(17)21)29(26,27)16-8-10-28(24,25)12-16/h1-6,11,16H,7-10,12H2,(H,22,23). The van der Waals surface area contributed by atoms with Gasteiger partial charge in [0.1, 0.15) is 11.6 Å². The van der Waals surface area contributed by atoms with Crippen LogP contribution >= 0.6 is 0 Å². The third kappa shape index (κ3) is 4.99. The van der Waals surface area contributed by atoms with Crippen molar-refractivity contribution in [3.8, 4) is 0 Å². The molecule has 1 saturated heterocycles. The van der Waals surface area contributed by atoms with Crippen molar-refractivity contribution in [3.05, 3.63) is 65.2 Å². The Kier molecular flexibility index (Phi) is 6.04. The molecule has 2 aromatic carbocycles. The van der Waals surface area contributed by atoms with Crippen LogP contribution in [-0.4, -0.2) is 46.0 Å². The van der Waals surface area contributed by atoms with Crippen LogP contribution in [0.5, 0.6) is 0 Å². The third-order valence-electron chi connectivity index (χ3n) is 4.75. The van der Waals surface area contributed by atoms with Crippen molar-refractivity contribution in [2.45, 2.75) is 23.0 Å². The molecule has 3 rings (SSSR count). The molecule has 1 aliphatic rings.